The molecule has 0 amide bonds. The zero-order valence-electron chi connectivity index (χ0n) is 10.5. The highest BCUT2D eigenvalue weighted by atomic mass is 35.5. The van der Waals surface area contributed by atoms with Gasteiger partial charge < -0.3 is 0 Å². The van der Waals surface area contributed by atoms with Crippen LogP contribution in [0.5, 0.6) is 0 Å². The van der Waals surface area contributed by atoms with Gasteiger partial charge in [-0.25, -0.2) is 0 Å². The lowest BCUT2D eigenvalue weighted by Gasteiger charge is -2.10. The summed E-state index contributed by atoms with van der Waals surface area (Å²) < 4.78 is 37.6. The van der Waals surface area contributed by atoms with Crippen molar-refractivity contribution in [2.75, 3.05) is 0 Å². The molecule has 2 rings (SSSR count). The molecule has 0 bridgehead atoms. The standard InChI is InChI=1S/C15H10ClF3O/c1-9-2-7-12(14(16)20)13(8-9)10-3-5-11(6-4-10)15(17,18)19/h2-8H,1H3. The molecular formula is C15H10ClF3O. The van der Waals surface area contributed by atoms with Crippen LogP contribution in [0.2, 0.25) is 0 Å². The van der Waals surface area contributed by atoms with E-state index in [1.807, 2.05) is 6.92 Å². The van der Waals surface area contributed by atoms with Crippen molar-refractivity contribution in [2.24, 2.45) is 0 Å². The number of rotatable bonds is 2. The van der Waals surface area contributed by atoms with Crippen LogP contribution in [0.25, 0.3) is 11.1 Å². The third-order valence-corrected chi connectivity index (χ3v) is 3.11. The molecule has 0 saturated carbocycles. The van der Waals surface area contributed by atoms with Crippen molar-refractivity contribution in [1.29, 1.82) is 0 Å². The molecule has 0 aliphatic rings. The van der Waals surface area contributed by atoms with Gasteiger partial charge in [0, 0.05) is 5.56 Å². The minimum absolute atomic E-state index is 0.275. The van der Waals surface area contributed by atoms with E-state index in [0.717, 1.165) is 17.7 Å². The Morgan fingerprint density at radius 2 is 1.65 bits per heavy atom. The van der Waals surface area contributed by atoms with E-state index in [1.165, 1.54) is 12.1 Å². The summed E-state index contributed by atoms with van der Waals surface area (Å²) in [5, 5.41) is -0.639. The van der Waals surface area contributed by atoms with E-state index in [-0.39, 0.29) is 5.56 Å². The summed E-state index contributed by atoms with van der Waals surface area (Å²) in [5.41, 5.74) is 1.48. The van der Waals surface area contributed by atoms with Gasteiger partial charge in [-0.2, -0.15) is 13.2 Å². The van der Waals surface area contributed by atoms with Crippen molar-refractivity contribution < 1.29 is 18.0 Å². The number of carbonyl (C=O) groups excluding carboxylic acids is 1. The molecule has 0 aromatic heterocycles. The number of aryl methyl sites for hydroxylation is 1. The first-order chi connectivity index (χ1) is 9.29. The van der Waals surface area contributed by atoms with Crippen LogP contribution in [-0.4, -0.2) is 5.24 Å². The Morgan fingerprint density at radius 3 is 2.15 bits per heavy atom. The fraction of sp³-hybridized carbons (Fsp3) is 0.133. The van der Waals surface area contributed by atoms with Crippen molar-refractivity contribution in [3.05, 3.63) is 59.2 Å². The van der Waals surface area contributed by atoms with Gasteiger partial charge in [0.1, 0.15) is 0 Å². The Morgan fingerprint density at radius 1 is 1.05 bits per heavy atom. The van der Waals surface area contributed by atoms with Gasteiger partial charge in [-0.1, -0.05) is 29.8 Å². The second-order valence-electron chi connectivity index (χ2n) is 4.40. The largest absolute Gasteiger partial charge is 0.416 e. The Kier molecular flexibility index (Phi) is 3.86. The van der Waals surface area contributed by atoms with Gasteiger partial charge in [0.15, 0.2) is 0 Å². The Hall–Kier alpha value is -1.81. The molecule has 20 heavy (non-hydrogen) atoms. The zero-order valence-corrected chi connectivity index (χ0v) is 11.2. The van der Waals surface area contributed by atoms with Gasteiger partial charge >= 0.3 is 6.18 Å². The number of halogens is 4. The van der Waals surface area contributed by atoms with Crippen LogP contribution in [0, 0.1) is 6.92 Å². The van der Waals surface area contributed by atoms with Crippen LogP contribution in [-0.2, 0) is 6.18 Å². The molecule has 0 aliphatic carbocycles. The molecule has 0 saturated heterocycles. The minimum Gasteiger partial charge on any atom is -0.276 e. The van der Waals surface area contributed by atoms with Gasteiger partial charge in [0.05, 0.1) is 5.56 Å². The average Bonchev–Trinajstić information content (AvgIpc) is 2.37. The van der Waals surface area contributed by atoms with Gasteiger partial charge in [-0.05, 0) is 47.9 Å². The number of hydrogen-bond donors (Lipinski definition) is 0. The minimum atomic E-state index is -4.38. The lowest BCUT2D eigenvalue weighted by Crippen LogP contribution is -2.04. The van der Waals surface area contributed by atoms with Crippen LogP contribution in [0.4, 0.5) is 13.2 Å². The monoisotopic (exact) mass is 298 g/mol. The first-order valence-electron chi connectivity index (χ1n) is 5.77. The molecule has 0 N–H and O–H groups in total. The molecule has 104 valence electrons. The highest BCUT2D eigenvalue weighted by molar-refractivity contribution is 6.68. The molecular weight excluding hydrogens is 289 g/mol. The third-order valence-electron chi connectivity index (χ3n) is 2.91. The molecule has 0 atom stereocenters. The zero-order chi connectivity index (χ0) is 14.9. The average molecular weight is 299 g/mol. The van der Waals surface area contributed by atoms with Crippen molar-refractivity contribution in [3.8, 4) is 11.1 Å². The van der Waals surface area contributed by atoms with E-state index in [9.17, 15) is 18.0 Å². The molecule has 2 aromatic rings. The topological polar surface area (TPSA) is 17.1 Å². The summed E-state index contributed by atoms with van der Waals surface area (Å²) in [6.07, 6.45) is -4.38. The number of benzene rings is 2. The second-order valence-corrected chi connectivity index (χ2v) is 4.74. The SMILES string of the molecule is Cc1ccc(C(=O)Cl)c(-c2ccc(C(F)(F)F)cc2)c1. The molecule has 0 radical (unpaired) electrons. The van der Waals surface area contributed by atoms with Crippen LogP contribution in [0.3, 0.4) is 0 Å². The molecule has 1 nitrogen and oxygen atoms in total. The molecule has 2 aromatic carbocycles. The lowest BCUT2D eigenvalue weighted by atomic mass is 9.97. The molecule has 0 spiro atoms. The van der Waals surface area contributed by atoms with Gasteiger partial charge in [-0.15, -0.1) is 0 Å². The summed E-state index contributed by atoms with van der Waals surface area (Å²) >= 11 is 5.50. The summed E-state index contributed by atoms with van der Waals surface area (Å²) in [5.74, 6) is 0. The van der Waals surface area contributed by atoms with Crippen molar-refractivity contribution in [3.63, 3.8) is 0 Å². The maximum atomic E-state index is 12.5. The van der Waals surface area contributed by atoms with E-state index >= 15 is 0 Å². The van der Waals surface area contributed by atoms with Gasteiger partial charge in [-0.3, -0.25) is 4.79 Å². The quantitative estimate of drug-likeness (QED) is 0.708. The van der Waals surface area contributed by atoms with E-state index in [0.29, 0.717) is 11.1 Å². The first kappa shape index (κ1) is 14.6. The van der Waals surface area contributed by atoms with Crippen LogP contribution in [0.1, 0.15) is 21.5 Å². The second kappa shape index (κ2) is 5.29. The number of alkyl halides is 3. The molecule has 0 unspecified atom stereocenters. The van der Waals surface area contributed by atoms with Crippen molar-refractivity contribution in [2.45, 2.75) is 13.1 Å². The van der Waals surface area contributed by atoms with Gasteiger partial charge in [0.25, 0.3) is 5.24 Å². The molecule has 5 heteroatoms. The van der Waals surface area contributed by atoms with E-state index in [4.69, 9.17) is 11.6 Å². The van der Waals surface area contributed by atoms with Gasteiger partial charge in [0.2, 0.25) is 0 Å². The molecule has 0 fully saturated rings. The van der Waals surface area contributed by atoms with Crippen LogP contribution >= 0.6 is 11.6 Å². The molecule has 0 aliphatic heterocycles. The summed E-state index contributed by atoms with van der Waals surface area (Å²) in [6.45, 7) is 1.83. The third kappa shape index (κ3) is 3.02. The van der Waals surface area contributed by atoms with Crippen molar-refractivity contribution >= 4 is 16.8 Å². The first-order valence-corrected chi connectivity index (χ1v) is 6.15. The van der Waals surface area contributed by atoms with Crippen LogP contribution < -0.4 is 0 Å². The van der Waals surface area contributed by atoms with Crippen LogP contribution in [0.15, 0.2) is 42.5 Å². The maximum absolute atomic E-state index is 12.5. The van der Waals surface area contributed by atoms with E-state index in [2.05, 4.69) is 0 Å². The molecule has 0 heterocycles. The Labute approximate surface area is 119 Å². The Balaban J connectivity index is 2.52. The lowest BCUT2D eigenvalue weighted by molar-refractivity contribution is -0.137. The maximum Gasteiger partial charge on any atom is 0.416 e. The number of hydrogen-bond acceptors (Lipinski definition) is 1. The smallest absolute Gasteiger partial charge is 0.276 e. The number of carbonyl (C=O) groups is 1. The van der Waals surface area contributed by atoms with E-state index < -0.39 is 17.0 Å². The summed E-state index contributed by atoms with van der Waals surface area (Å²) in [7, 11) is 0. The normalized spacial score (nSPS) is 11.4. The fourth-order valence-electron chi connectivity index (χ4n) is 1.91. The highest BCUT2D eigenvalue weighted by Crippen LogP contribution is 2.32. The highest BCUT2D eigenvalue weighted by Gasteiger charge is 2.30. The summed E-state index contributed by atoms with van der Waals surface area (Å²) in [6, 6.07) is 9.65. The fourth-order valence-corrected chi connectivity index (χ4v) is 2.07. The predicted octanol–water partition coefficient (Wildman–Crippen LogP) is 5.06. The predicted molar refractivity (Wildman–Crippen MR) is 71.8 cm³/mol. The van der Waals surface area contributed by atoms with E-state index in [1.54, 1.807) is 18.2 Å². The van der Waals surface area contributed by atoms with Crippen molar-refractivity contribution in [1.82, 2.24) is 0 Å². The Bertz CT molecular complexity index is 645. The summed E-state index contributed by atoms with van der Waals surface area (Å²) in [4.78, 5) is 11.4.